The monoisotopic (exact) mass is 291 g/mol. The van der Waals surface area contributed by atoms with Crippen molar-refractivity contribution in [2.24, 2.45) is 23.7 Å². The van der Waals surface area contributed by atoms with E-state index in [-0.39, 0.29) is 0 Å². The molecule has 0 spiro atoms. The van der Waals surface area contributed by atoms with Crippen molar-refractivity contribution in [1.29, 1.82) is 0 Å². The first-order valence-electron chi connectivity index (χ1n) is 9.98. The lowest BCUT2D eigenvalue weighted by molar-refractivity contribution is -0.0665. The van der Waals surface area contributed by atoms with Crippen LogP contribution in [-0.4, -0.2) is 12.1 Å². The molecule has 0 aromatic heterocycles. The molecule has 0 saturated heterocycles. The first-order valence-corrected chi connectivity index (χ1v) is 9.98. The minimum absolute atomic E-state index is 0.553. The molecule has 1 heteroatoms. The van der Waals surface area contributed by atoms with Crippen LogP contribution in [0.25, 0.3) is 0 Å². The molecule has 1 nitrogen and oxygen atoms in total. The Kier molecular flexibility index (Phi) is 5.30. The Balaban J connectivity index is 1.37. The zero-order valence-electron chi connectivity index (χ0n) is 14.5. The van der Waals surface area contributed by atoms with Crippen molar-refractivity contribution >= 4 is 0 Å². The van der Waals surface area contributed by atoms with E-state index in [2.05, 4.69) is 19.2 Å². The van der Waals surface area contributed by atoms with Gasteiger partial charge in [0, 0.05) is 5.54 Å². The third-order valence-corrected chi connectivity index (χ3v) is 7.08. The minimum atomic E-state index is 0.553. The fraction of sp³-hybridized carbons (Fsp3) is 1.00. The molecule has 4 aliphatic rings. The molecule has 0 aromatic carbocycles. The summed E-state index contributed by atoms with van der Waals surface area (Å²) in [5.41, 5.74) is 0.553. The van der Waals surface area contributed by atoms with Gasteiger partial charge in [-0.25, -0.2) is 0 Å². The molecule has 3 unspecified atom stereocenters. The second-order valence-corrected chi connectivity index (χ2v) is 8.60. The molecule has 4 saturated carbocycles. The highest BCUT2D eigenvalue weighted by molar-refractivity contribution is 5.09. The molecule has 21 heavy (non-hydrogen) atoms. The lowest BCUT2D eigenvalue weighted by Crippen LogP contribution is -2.63. The van der Waals surface area contributed by atoms with Gasteiger partial charge < -0.3 is 5.32 Å². The Labute approximate surface area is 132 Å². The van der Waals surface area contributed by atoms with Crippen molar-refractivity contribution in [1.82, 2.24) is 5.32 Å². The lowest BCUT2D eigenvalue weighted by atomic mass is 9.49. The molecule has 122 valence electrons. The van der Waals surface area contributed by atoms with Crippen molar-refractivity contribution in [3.05, 3.63) is 0 Å². The van der Waals surface area contributed by atoms with E-state index in [0.29, 0.717) is 5.54 Å². The van der Waals surface area contributed by atoms with Crippen molar-refractivity contribution in [3.63, 3.8) is 0 Å². The highest BCUT2D eigenvalue weighted by Crippen LogP contribution is 2.58. The van der Waals surface area contributed by atoms with Crippen LogP contribution >= 0.6 is 0 Å². The Morgan fingerprint density at radius 1 is 0.857 bits per heavy atom. The zero-order chi connectivity index (χ0) is 14.7. The molecule has 0 radical (unpaired) electrons. The van der Waals surface area contributed by atoms with Gasteiger partial charge >= 0.3 is 0 Å². The summed E-state index contributed by atoms with van der Waals surface area (Å²) < 4.78 is 0. The fourth-order valence-corrected chi connectivity index (χ4v) is 6.02. The molecular formula is C20H37N. The van der Waals surface area contributed by atoms with Gasteiger partial charge in [0.05, 0.1) is 0 Å². The first-order chi connectivity index (χ1) is 10.2. The van der Waals surface area contributed by atoms with E-state index in [4.69, 9.17) is 0 Å². The smallest absolute Gasteiger partial charge is 0.0214 e. The van der Waals surface area contributed by atoms with Crippen LogP contribution < -0.4 is 5.32 Å². The summed E-state index contributed by atoms with van der Waals surface area (Å²) in [7, 11) is 0. The lowest BCUT2D eigenvalue weighted by Gasteiger charge is -2.61. The maximum absolute atomic E-state index is 4.08. The third kappa shape index (κ3) is 3.49. The summed E-state index contributed by atoms with van der Waals surface area (Å²) in [5.74, 6) is 4.13. The van der Waals surface area contributed by atoms with E-state index in [9.17, 15) is 0 Å². The summed E-state index contributed by atoms with van der Waals surface area (Å²) in [6.07, 6.45) is 17.7. The standard InChI is InChI=1S/C20H37N/c1-3-4-5-6-7-8-9-10-21-20-14-17-11-18(15-20)13-19(12-17)16(20)2/h16-19,21H,3-15H2,1-2H3. The average Bonchev–Trinajstić information content (AvgIpc) is 2.47. The van der Waals surface area contributed by atoms with Crippen molar-refractivity contribution in [2.45, 2.75) is 96.4 Å². The molecule has 0 aliphatic heterocycles. The highest BCUT2D eigenvalue weighted by Gasteiger charge is 2.54. The average molecular weight is 292 g/mol. The van der Waals surface area contributed by atoms with Crippen LogP contribution in [0.2, 0.25) is 0 Å². The fourth-order valence-electron chi connectivity index (χ4n) is 6.02. The van der Waals surface area contributed by atoms with E-state index < -0.39 is 0 Å². The van der Waals surface area contributed by atoms with Gasteiger partial charge in [-0.15, -0.1) is 0 Å². The van der Waals surface area contributed by atoms with Crippen molar-refractivity contribution in [2.75, 3.05) is 6.54 Å². The molecule has 4 aliphatic carbocycles. The highest BCUT2D eigenvalue weighted by atomic mass is 15.0. The predicted octanol–water partition coefficient (Wildman–Crippen LogP) is 5.54. The summed E-state index contributed by atoms with van der Waals surface area (Å²) in [4.78, 5) is 0. The Hall–Kier alpha value is -0.0400. The zero-order valence-corrected chi connectivity index (χ0v) is 14.5. The maximum atomic E-state index is 4.08. The molecule has 0 heterocycles. The Morgan fingerprint density at radius 3 is 2.14 bits per heavy atom. The van der Waals surface area contributed by atoms with E-state index in [0.717, 1.165) is 23.7 Å². The number of hydrogen-bond acceptors (Lipinski definition) is 1. The van der Waals surface area contributed by atoms with Crippen LogP contribution in [0, 0.1) is 23.7 Å². The number of unbranched alkanes of at least 4 members (excludes halogenated alkanes) is 6. The molecule has 1 N–H and O–H groups in total. The van der Waals surface area contributed by atoms with Crippen molar-refractivity contribution in [3.8, 4) is 0 Å². The Morgan fingerprint density at radius 2 is 1.48 bits per heavy atom. The van der Waals surface area contributed by atoms with Gasteiger partial charge in [-0.3, -0.25) is 0 Å². The summed E-state index contributed by atoms with van der Waals surface area (Å²) >= 11 is 0. The topological polar surface area (TPSA) is 12.0 Å². The summed E-state index contributed by atoms with van der Waals surface area (Å²) in [6.45, 7) is 6.14. The number of nitrogens with one attached hydrogen (secondary N) is 1. The van der Waals surface area contributed by atoms with E-state index in [1.807, 2.05) is 0 Å². The van der Waals surface area contributed by atoms with Gasteiger partial charge in [0.25, 0.3) is 0 Å². The number of rotatable bonds is 9. The molecule has 4 fully saturated rings. The molecule has 0 amide bonds. The molecule has 3 atom stereocenters. The minimum Gasteiger partial charge on any atom is -0.311 e. The second kappa shape index (κ2) is 7.02. The SMILES string of the molecule is CCCCCCCCCNC12CC3CC(CC(C3)C1C)C2. The van der Waals surface area contributed by atoms with Crippen LogP contribution in [0.15, 0.2) is 0 Å². The molecule has 4 rings (SSSR count). The van der Waals surface area contributed by atoms with E-state index >= 15 is 0 Å². The van der Waals surface area contributed by atoms with Gasteiger partial charge in [0.1, 0.15) is 0 Å². The quantitative estimate of drug-likeness (QED) is 0.550. The van der Waals surface area contributed by atoms with Gasteiger partial charge in [-0.05, 0) is 68.7 Å². The van der Waals surface area contributed by atoms with Crippen LogP contribution in [0.3, 0.4) is 0 Å². The largest absolute Gasteiger partial charge is 0.311 e. The van der Waals surface area contributed by atoms with Gasteiger partial charge in [0.15, 0.2) is 0 Å². The van der Waals surface area contributed by atoms with Crippen LogP contribution in [0.4, 0.5) is 0 Å². The molecular weight excluding hydrogens is 254 g/mol. The number of hydrogen-bond donors (Lipinski definition) is 1. The van der Waals surface area contributed by atoms with Gasteiger partial charge in [0.2, 0.25) is 0 Å². The van der Waals surface area contributed by atoms with E-state index in [1.165, 1.54) is 64.3 Å². The van der Waals surface area contributed by atoms with Gasteiger partial charge in [-0.1, -0.05) is 52.4 Å². The first kappa shape index (κ1) is 15.8. The third-order valence-electron chi connectivity index (χ3n) is 7.08. The normalized spacial score (nSPS) is 40.9. The van der Waals surface area contributed by atoms with Crippen LogP contribution in [0.1, 0.15) is 90.9 Å². The molecule has 4 bridgehead atoms. The molecule has 0 aromatic rings. The van der Waals surface area contributed by atoms with Gasteiger partial charge in [-0.2, -0.15) is 0 Å². The summed E-state index contributed by atoms with van der Waals surface area (Å²) in [5, 5.41) is 4.08. The van der Waals surface area contributed by atoms with E-state index in [1.54, 1.807) is 19.3 Å². The Bertz CT molecular complexity index is 310. The predicted molar refractivity (Wildman–Crippen MR) is 91.4 cm³/mol. The van der Waals surface area contributed by atoms with Crippen LogP contribution in [-0.2, 0) is 0 Å². The summed E-state index contributed by atoms with van der Waals surface area (Å²) in [6, 6.07) is 0. The second-order valence-electron chi connectivity index (χ2n) is 8.60. The van der Waals surface area contributed by atoms with Crippen molar-refractivity contribution < 1.29 is 0 Å². The maximum Gasteiger partial charge on any atom is 0.0214 e. The van der Waals surface area contributed by atoms with Crippen LogP contribution in [0.5, 0.6) is 0 Å².